The minimum Gasteiger partial charge on any atom is -0.358 e. The maximum atomic E-state index is 13.3. The number of nitrogens with zero attached hydrogens (tertiary/aromatic N) is 2. The minimum absolute atomic E-state index is 0.0382. The molecule has 0 saturated heterocycles. The molecule has 0 atom stereocenters. The lowest BCUT2D eigenvalue weighted by Gasteiger charge is -2.24. The van der Waals surface area contributed by atoms with Crippen LogP contribution in [0.1, 0.15) is 17.0 Å². The van der Waals surface area contributed by atoms with Crippen molar-refractivity contribution in [2.24, 2.45) is 0 Å². The third-order valence-corrected chi connectivity index (χ3v) is 6.36. The van der Waals surface area contributed by atoms with Crippen LogP contribution in [0.4, 0.5) is 0 Å². The molecule has 0 bridgehead atoms. The Kier molecular flexibility index (Phi) is 6.38. The molecule has 0 aliphatic rings. The fourth-order valence-corrected chi connectivity index (χ4v) is 4.11. The van der Waals surface area contributed by atoms with Gasteiger partial charge in [-0.15, -0.1) is 0 Å². The lowest BCUT2D eigenvalue weighted by atomic mass is 9.40. The summed E-state index contributed by atoms with van der Waals surface area (Å²) in [4.78, 5) is 17.2. The summed E-state index contributed by atoms with van der Waals surface area (Å²) >= 11 is 12.3. The monoisotopic (exact) mass is 468 g/mol. The second-order valence-corrected chi connectivity index (χ2v) is 9.17. The van der Waals surface area contributed by atoms with Crippen LogP contribution in [0.3, 0.4) is 0 Å². The van der Waals surface area contributed by atoms with Crippen molar-refractivity contribution in [2.75, 3.05) is 0 Å². The highest BCUT2D eigenvalue weighted by Gasteiger charge is 2.30. The zero-order chi connectivity index (χ0) is 23.1. The molecule has 2 aromatic carbocycles. The number of hydrogen-bond donors (Lipinski definition) is 0. The molecule has 0 fully saturated rings. The molecule has 1 heterocycles. The summed E-state index contributed by atoms with van der Waals surface area (Å²) < 4.78 is 31.7. The summed E-state index contributed by atoms with van der Waals surface area (Å²) in [5, 5.41) is -2.02. The van der Waals surface area contributed by atoms with Crippen LogP contribution in [0.15, 0.2) is 52.2 Å². The van der Waals surface area contributed by atoms with Crippen LogP contribution < -0.4 is 9.74 Å². The van der Waals surface area contributed by atoms with Gasteiger partial charge in [0.2, 0.25) is 5.88 Å². The Morgan fingerprint density at radius 1 is 1.03 bits per heavy atom. The first kappa shape index (κ1) is 23.5. The molecular weight excluding hydrogens is 456 g/mol. The highest BCUT2D eigenvalue weighted by molar-refractivity contribution is 7.87. The van der Waals surface area contributed by atoms with E-state index in [1.54, 1.807) is 25.1 Å². The number of hydrogen-bond acceptors (Lipinski definition) is 5. The first-order valence-corrected chi connectivity index (χ1v) is 11.0. The zero-order valence-electron chi connectivity index (χ0n) is 16.5. The van der Waals surface area contributed by atoms with E-state index in [1.165, 1.54) is 31.2 Å². The van der Waals surface area contributed by atoms with Crippen molar-refractivity contribution in [3.05, 3.63) is 79.8 Å². The molecule has 0 aliphatic carbocycles. The number of aromatic nitrogens is 2. The van der Waals surface area contributed by atoms with E-state index in [2.05, 4.69) is 4.98 Å². The highest BCUT2D eigenvalue weighted by Crippen LogP contribution is 2.30. The van der Waals surface area contributed by atoms with Crippen molar-refractivity contribution < 1.29 is 12.6 Å². The highest BCUT2D eigenvalue weighted by atomic mass is 35.5. The van der Waals surface area contributed by atoms with E-state index >= 15 is 0 Å². The largest absolute Gasteiger partial charge is 0.358 e. The predicted molar refractivity (Wildman–Crippen MR) is 123 cm³/mol. The summed E-state index contributed by atoms with van der Waals surface area (Å²) in [6.45, 7) is 3.24. The van der Waals surface area contributed by atoms with Crippen molar-refractivity contribution in [1.82, 2.24) is 9.55 Å². The SMILES string of the molecule is [B]C([B])([B])c1c(OS(=O)(=O)c2ccc(C)cc2)nc(C)n(-c2cccc(Cl)c2Cl)c1=O. The molecule has 0 spiro atoms. The molecule has 12 heteroatoms. The second-order valence-electron chi connectivity index (χ2n) is 6.84. The summed E-state index contributed by atoms with van der Waals surface area (Å²) in [7, 11) is 12.9. The maximum Gasteiger partial charge on any atom is 0.340 e. The van der Waals surface area contributed by atoms with Crippen LogP contribution in [-0.4, -0.2) is 41.5 Å². The van der Waals surface area contributed by atoms with Gasteiger partial charge >= 0.3 is 10.1 Å². The fraction of sp³-hybridized carbons (Fsp3) is 0.158. The molecule has 1 aromatic heterocycles. The van der Waals surface area contributed by atoms with Crippen LogP contribution >= 0.6 is 23.2 Å². The van der Waals surface area contributed by atoms with Crippen molar-refractivity contribution in [2.45, 2.75) is 23.9 Å². The van der Waals surface area contributed by atoms with Gasteiger partial charge in [-0.3, -0.25) is 9.36 Å². The van der Waals surface area contributed by atoms with E-state index in [0.29, 0.717) is 0 Å². The van der Waals surface area contributed by atoms with Gasteiger partial charge in [-0.2, -0.15) is 13.4 Å². The maximum absolute atomic E-state index is 13.3. The average molecular weight is 469 g/mol. The molecule has 6 nitrogen and oxygen atoms in total. The minimum atomic E-state index is -4.36. The quantitative estimate of drug-likeness (QED) is 0.425. The van der Waals surface area contributed by atoms with Crippen LogP contribution in [0.2, 0.25) is 10.0 Å². The van der Waals surface area contributed by atoms with Crippen LogP contribution in [0.25, 0.3) is 5.69 Å². The van der Waals surface area contributed by atoms with E-state index < -0.39 is 32.2 Å². The van der Waals surface area contributed by atoms with Gasteiger partial charge in [-0.05, 0) is 38.1 Å². The lowest BCUT2D eigenvalue weighted by Crippen LogP contribution is -2.39. The van der Waals surface area contributed by atoms with Gasteiger partial charge in [0, 0.05) is 0 Å². The Balaban J connectivity index is 2.24. The smallest absolute Gasteiger partial charge is 0.340 e. The molecule has 3 aromatic rings. The van der Waals surface area contributed by atoms with Crippen LogP contribution in [0, 0.1) is 13.8 Å². The van der Waals surface area contributed by atoms with Crippen molar-refractivity contribution in [3.8, 4) is 11.6 Å². The predicted octanol–water partition coefficient (Wildman–Crippen LogP) is 2.54. The molecule has 152 valence electrons. The first-order chi connectivity index (χ1) is 14.3. The van der Waals surface area contributed by atoms with Gasteiger partial charge in [0.15, 0.2) is 0 Å². The standard InChI is InChI=1S/C19H13B3Cl2N2O4S/c1-10-6-8-12(9-7-10)31(28,29)30-17-15(19(20,21)22)18(27)26(11(2)25-17)14-5-3-4-13(23)16(14)24/h3-9H,1-2H3. The van der Waals surface area contributed by atoms with Gasteiger partial charge in [-0.1, -0.05) is 52.1 Å². The molecule has 3 rings (SSSR count). The Morgan fingerprint density at radius 3 is 2.23 bits per heavy atom. The van der Waals surface area contributed by atoms with Gasteiger partial charge in [0.05, 0.1) is 44.8 Å². The van der Waals surface area contributed by atoms with Gasteiger partial charge < -0.3 is 4.18 Å². The molecular formula is C19H13B3Cl2N2O4S. The molecule has 31 heavy (non-hydrogen) atoms. The van der Waals surface area contributed by atoms with E-state index in [4.69, 9.17) is 50.9 Å². The van der Waals surface area contributed by atoms with E-state index in [-0.39, 0.29) is 26.5 Å². The summed E-state index contributed by atoms with van der Waals surface area (Å²) in [6, 6.07) is 10.5. The molecule has 6 radical (unpaired) electrons. The van der Waals surface area contributed by atoms with Crippen molar-refractivity contribution in [1.29, 1.82) is 0 Å². The number of rotatable bonds is 5. The summed E-state index contributed by atoms with van der Waals surface area (Å²) in [6.07, 6.45) is 0. The Bertz CT molecular complexity index is 1320. The van der Waals surface area contributed by atoms with Gasteiger partial charge in [0.1, 0.15) is 10.7 Å². The van der Waals surface area contributed by atoms with Crippen molar-refractivity contribution >= 4 is 56.9 Å². The Labute approximate surface area is 193 Å². The molecule has 0 saturated carbocycles. The first-order valence-electron chi connectivity index (χ1n) is 8.79. The third-order valence-electron chi connectivity index (χ3n) is 4.32. The zero-order valence-corrected chi connectivity index (χ0v) is 18.8. The number of halogens is 2. The second kappa shape index (κ2) is 8.41. The third kappa shape index (κ3) is 4.71. The van der Waals surface area contributed by atoms with Crippen LogP contribution in [-0.2, 0) is 15.2 Å². The van der Waals surface area contributed by atoms with Crippen LogP contribution in [0.5, 0.6) is 5.88 Å². The number of aryl methyl sites for hydroxylation is 2. The van der Waals surface area contributed by atoms with Gasteiger partial charge in [0.25, 0.3) is 5.56 Å². The molecule has 0 unspecified atom stereocenters. The molecule has 0 N–H and O–H groups in total. The normalized spacial score (nSPS) is 12.0. The van der Waals surface area contributed by atoms with E-state index in [0.717, 1.165) is 10.1 Å². The molecule has 0 aliphatic heterocycles. The topological polar surface area (TPSA) is 78.3 Å². The summed E-state index contributed by atoms with van der Waals surface area (Å²) in [5.41, 5.74) is -0.398. The van der Waals surface area contributed by atoms with Crippen molar-refractivity contribution in [3.63, 3.8) is 0 Å². The summed E-state index contributed by atoms with van der Waals surface area (Å²) in [5.74, 6) is -0.596. The average Bonchev–Trinajstić information content (AvgIpc) is 2.63. The fourth-order valence-electron chi connectivity index (χ4n) is 2.84. The lowest BCUT2D eigenvalue weighted by molar-refractivity contribution is 0.468. The van der Waals surface area contributed by atoms with E-state index in [1.807, 2.05) is 0 Å². The Morgan fingerprint density at radius 2 is 1.65 bits per heavy atom. The van der Waals surface area contributed by atoms with Gasteiger partial charge in [-0.25, -0.2) is 0 Å². The molecule has 0 amide bonds. The Hall–Kier alpha value is -2.16. The van der Waals surface area contributed by atoms with E-state index in [9.17, 15) is 13.2 Å². The number of benzene rings is 2.